The van der Waals surface area contributed by atoms with Gasteiger partial charge in [0.2, 0.25) is 0 Å². The van der Waals surface area contributed by atoms with Gasteiger partial charge < -0.3 is 14.8 Å². The van der Waals surface area contributed by atoms with Crippen LogP contribution in [0.25, 0.3) is 0 Å². The second-order valence-corrected chi connectivity index (χ2v) is 7.27. The third kappa shape index (κ3) is 3.78. The highest BCUT2D eigenvalue weighted by molar-refractivity contribution is 7.99. The Balaban J connectivity index is 1.69. The molecule has 0 fully saturated rings. The number of carbonyl (C=O) groups is 1. The third-order valence-corrected chi connectivity index (χ3v) is 5.16. The number of aryl methyl sites for hydroxylation is 2. The molecular weight excluding hydrogens is 362 g/mol. The van der Waals surface area contributed by atoms with Gasteiger partial charge in [0.1, 0.15) is 18.9 Å². The summed E-state index contributed by atoms with van der Waals surface area (Å²) < 4.78 is 13.0. The molecule has 1 amide bonds. The number of benzene rings is 2. The van der Waals surface area contributed by atoms with Gasteiger partial charge >= 0.3 is 0 Å². The first-order chi connectivity index (χ1) is 13.1. The smallest absolute Gasteiger partial charge is 0.273 e. The first kappa shape index (κ1) is 17.5. The Bertz CT molecular complexity index is 986. The molecule has 7 heteroatoms. The summed E-state index contributed by atoms with van der Waals surface area (Å²) >= 11 is 1.56. The minimum Gasteiger partial charge on any atom is -0.486 e. The van der Waals surface area contributed by atoms with Crippen LogP contribution in [0.5, 0.6) is 11.5 Å². The highest BCUT2D eigenvalue weighted by atomic mass is 32.2. The zero-order valence-electron chi connectivity index (χ0n) is 15.1. The van der Waals surface area contributed by atoms with Crippen molar-refractivity contribution in [2.75, 3.05) is 18.5 Å². The first-order valence-electron chi connectivity index (χ1n) is 8.59. The van der Waals surface area contributed by atoms with Crippen LogP contribution in [0.2, 0.25) is 0 Å². The van der Waals surface area contributed by atoms with Crippen LogP contribution in [0.4, 0.5) is 5.69 Å². The number of amides is 1. The molecule has 0 radical (unpaired) electrons. The van der Waals surface area contributed by atoms with Gasteiger partial charge in [0.05, 0.1) is 11.4 Å². The maximum atomic E-state index is 12.8. The Labute approximate surface area is 161 Å². The van der Waals surface area contributed by atoms with Crippen molar-refractivity contribution in [2.24, 2.45) is 7.05 Å². The lowest BCUT2D eigenvalue weighted by molar-refractivity contribution is 0.101. The molecule has 27 heavy (non-hydrogen) atoms. The molecule has 1 aromatic heterocycles. The number of nitrogens with one attached hydrogen (secondary N) is 1. The molecule has 138 valence electrons. The van der Waals surface area contributed by atoms with E-state index in [1.807, 2.05) is 49.4 Å². The molecule has 0 saturated heterocycles. The zero-order valence-corrected chi connectivity index (χ0v) is 15.9. The van der Waals surface area contributed by atoms with E-state index in [0.717, 1.165) is 15.5 Å². The normalized spacial score (nSPS) is 12.7. The zero-order chi connectivity index (χ0) is 18.8. The van der Waals surface area contributed by atoms with E-state index in [1.54, 1.807) is 29.6 Å². The molecule has 1 N–H and O–H groups in total. The summed E-state index contributed by atoms with van der Waals surface area (Å²) in [7, 11) is 1.76. The summed E-state index contributed by atoms with van der Waals surface area (Å²) in [5.74, 6) is 1.11. The highest BCUT2D eigenvalue weighted by Crippen LogP contribution is 2.42. The second-order valence-electron chi connectivity index (χ2n) is 6.16. The number of hydrogen-bond donors (Lipinski definition) is 1. The molecule has 0 saturated carbocycles. The number of nitrogens with zero attached hydrogens (tertiary/aromatic N) is 2. The monoisotopic (exact) mass is 381 g/mol. The summed E-state index contributed by atoms with van der Waals surface area (Å²) in [6, 6.07) is 15.5. The minimum atomic E-state index is -0.218. The number of ether oxygens (including phenoxy) is 2. The molecule has 0 aliphatic carbocycles. The van der Waals surface area contributed by atoms with Crippen LogP contribution >= 0.6 is 11.8 Å². The van der Waals surface area contributed by atoms with E-state index in [9.17, 15) is 4.79 Å². The Kier molecular flexibility index (Phi) is 4.77. The van der Waals surface area contributed by atoms with Gasteiger partial charge in [-0.05, 0) is 25.1 Å². The van der Waals surface area contributed by atoms with Gasteiger partial charge in [-0.1, -0.05) is 30.0 Å². The molecule has 0 unspecified atom stereocenters. The number of carbonyl (C=O) groups excluding carboxylic acids is 1. The van der Waals surface area contributed by atoms with Crippen molar-refractivity contribution in [3.8, 4) is 11.5 Å². The third-order valence-electron chi connectivity index (χ3n) is 4.10. The van der Waals surface area contributed by atoms with Crippen LogP contribution in [-0.2, 0) is 7.05 Å². The number of aromatic nitrogens is 2. The molecule has 6 nitrogen and oxygen atoms in total. The lowest BCUT2D eigenvalue weighted by Gasteiger charge is -2.21. The van der Waals surface area contributed by atoms with E-state index in [1.165, 1.54) is 0 Å². The molecule has 2 heterocycles. The van der Waals surface area contributed by atoms with Crippen molar-refractivity contribution >= 4 is 23.4 Å². The van der Waals surface area contributed by atoms with Crippen LogP contribution in [0, 0.1) is 6.92 Å². The van der Waals surface area contributed by atoms with E-state index in [0.29, 0.717) is 36.1 Å². The van der Waals surface area contributed by atoms with Gasteiger partial charge in [-0.2, -0.15) is 5.10 Å². The van der Waals surface area contributed by atoms with Gasteiger partial charge in [-0.25, -0.2) is 0 Å². The first-order valence-corrected chi connectivity index (χ1v) is 9.40. The largest absolute Gasteiger partial charge is 0.486 e. The van der Waals surface area contributed by atoms with Crippen molar-refractivity contribution < 1.29 is 14.3 Å². The van der Waals surface area contributed by atoms with Crippen LogP contribution in [0.3, 0.4) is 0 Å². The number of fused-ring (bicyclic) bond motifs is 1. The molecule has 0 bridgehead atoms. The fourth-order valence-electron chi connectivity index (χ4n) is 2.88. The summed E-state index contributed by atoms with van der Waals surface area (Å²) in [5.41, 5.74) is 1.97. The van der Waals surface area contributed by atoms with E-state index < -0.39 is 0 Å². The molecule has 4 rings (SSSR count). The molecule has 1 aliphatic heterocycles. The van der Waals surface area contributed by atoms with Gasteiger partial charge in [-0.3, -0.25) is 9.48 Å². The lowest BCUT2D eigenvalue weighted by Crippen LogP contribution is -2.18. The summed E-state index contributed by atoms with van der Waals surface area (Å²) in [6.07, 6.45) is 0. The van der Waals surface area contributed by atoms with Crippen molar-refractivity contribution in [1.82, 2.24) is 9.78 Å². The molecule has 0 atom stereocenters. The van der Waals surface area contributed by atoms with E-state index in [4.69, 9.17) is 9.47 Å². The maximum Gasteiger partial charge on any atom is 0.273 e. The number of anilines is 1. The van der Waals surface area contributed by atoms with Crippen LogP contribution in [-0.4, -0.2) is 28.9 Å². The second kappa shape index (κ2) is 7.36. The summed E-state index contributed by atoms with van der Waals surface area (Å²) in [5, 5.41) is 7.24. The van der Waals surface area contributed by atoms with E-state index >= 15 is 0 Å². The standard InChI is InChI=1S/C20H19N3O3S/c1-13-10-16(23(2)22-13)20(24)21-15-11-17-18(26-9-8-25-17)12-19(15)27-14-6-4-3-5-7-14/h3-7,10-12H,8-9H2,1-2H3,(H,21,24). The summed E-state index contributed by atoms with van der Waals surface area (Å²) in [6.45, 7) is 2.87. The maximum absolute atomic E-state index is 12.8. The Morgan fingerprint density at radius 1 is 1.11 bits per heavy atom. The highest BCUT2D eigenvalue weighted by Gasteiger charge is 2.20. The van der Waals surface area contributed by atoms with E-state index in [-0.39, 0.29) is 5.91 Å². The van der Waals surface area contributed by atoms with Gasteiger partial charge in [0.25, 0.3) is 5.91 Å². The number of hydrogen-bond acceptors (Lipinski definition) is 5. The lowest BCUT2D eigenvalue weighted by atomic mass is 10.2. The predicted molar refractivity (Wildman–Crippen MR) is 104 cm³/mol. The average Bonchev–Trinajstić information content (AvgIpc) is 3.01. The predicted octanol–water partition coefficient (Wildman–Crippen LogP) is 3.90. The topological polar surface area (TPSA) is 65.4 Å². The average molecular weight is 381 g/mol. The van der Waals surface area contributed by atoms with Gasteiger partial charge in [0.15, 0.2) is 11.5 Å². The van der Waals surface area contributed by atoms with Gasteiger partial charge in [0, 0.05) is 29.0 Å². The van der Waals surface area contributed by atoms with Crippen LogP contribution in [0.15, 0.2) is 58.3 Å². The quantitative estimate of drug-likeness (QED) is 0.742. The van der Waals surface area contributed by atoms with Crippen LogP contribution in [0.1, 0.15) is 16.2 Å². The Morgan fingerprint density at radius 3 is 2.48 bits per heavy atom. The van der Waals surface area contributed by atoms with Crippen molar-refractivity contribution in [3.63, 3.8) is 0 Å². The van der Waals surface area contributed by atoms with E-state index in [2.05, 4.69) is 10.4 Å². The molecule has 3 aromatic rings. The van der Waals surface area contributed by atoms with Crippen molar-refractivity contribution in [1.29, 1.82) is 0 Å². The molecule has 1 aliphatic rings. The SMILES string of the molecule is Cc1cc(C(=O)Nc2cc3c(cc2Sc2ccccc2)OCCO3)n(C)n1. The summed E-state index contributed by atoms with van der Waals surface area (Å²) in [4.78, 5) is 14.7. The fraction of sp³-hybridized carbons (Fsp3) is 0.200. The number of rotatable bonds is 4. The van der Waals surface area contributed by atoms with Crippen LogP contribution < -0.4 is 14.8 Å². The Hall–Kier alpha value is -2.93. The fourth-order valence-corrected chi connectivity index (χ4v) is 3.81. The minimum absolute atomic E-state index is 0.218. The molecule has 0 spiro atoms. The van der Waals surface area contributed by atoms with Crippen molar-refractivity contribution in [2.45, 2.75) is 16.7 Å². The van der Waals surface area contributed by atoms with Gasteiger partial charge in [-0.15, -0.1) is 0 Å². The molecular formula is C20H19N3O3S. The molecule has 2 aromatic carbocycles. The Morgan fingerprint density at radius 2 is 1.81 bits per heavy atom. The van der Waals surface area contributed by atoms with Crippen molar-refractivity contribution in [3.05, 3.63) is 59.9 Å².